The summed E-state index contributed by atoms with van der Waals surface area (Å²) in [5.74, 6) is 0.0246. The van der Waals surface area contributed by atoms with Gasteiger partial charge in [-0.25, -0.2) is 0 Å². The lowest BCUT2D eigenvalue weighted by Crippen LogP contribution is -2.31. The zero-order valence-corrected chi connectivity index (χ0v) is 15.0. The van der Waals surface area contributed by atoms with E-state index in [1.54, 1.807) is 6.07 Å². The number of nitrogens with one attached hydrogen (secondary N) is 1. The van der Waals surface area contributed by atoms with Gasteiger partial charge in [0.1, 0.15) is 11.0 Å². The van der Waals surface area contributed by atoms with Crippen molar-refractivity contribution in [1.82, 2.24) is 30.2 Å². The fourth-order valence-corrected chi connectivity index (χ4v) is 3.55. The molecule has 1 atom stereocenters. The van der Waals surface area contributed by atoms with Gasteiger partial charge in [-0.3, -0.25) is 9.78 Å². The molecule has 1 N–H and O–H groups in total. The first-order chi connectivity index (χ1) is 12.6. The van der Waals surface area contributed by atoms with Crippen LogP contribution < -0.4 is 0 Å². The van der Waals surface area contributed by atoms with Crippen molar-refractivity contribution in [1.29, 1.82) is 0 Å². The van der Waals surface area contributed by atoms with E-state index in [4.69, 9.17) is 0 Å². The van der Waals surface area contributed by atoms with Gasteiger partial charge in [-0.05, 0) is 56.8 Å². The Balaban J connectivity index is 1.56. The van der Waals surface area contributed by atoms with Crippen LogP contribution in [0.15, 0.2) is 36.5 Å². The number of H-pyrrole nitrogens is 1. The molecule has 134 valence electrons. The minimum atomic E-state index is 0.0246. The second kappa shape index (κ2) is 6.84. The molecular formula is C19H22N6O. The van der Waals surface area contributed by atoms with Gasteiger partial charge in [-0.1, -0.05) is 6.07 Å². The number of fused-ring (bicyclic) bond motifs is 1. The number of pyridine rings is 1. The molecule has 7 heteroatoms. The lowest BCUT2D eigenvalue weighted by Gasteiger charge is -2.24. The van der Waals surface area contributed by atoms with Crippen LogP contribution in [-0.2, 0) is 6.54 Å². The average molecular weight is 350 g/mol. The topological polar surface area (TPSA) is 78.0 Å². The Morgan fingerprint density at radius 3 is 2.85 bits per heavy atom. The van der Waals surface area contributed by atoms with E-state index >= 15 is 0 Å². The van der Waals surface area contributed by atoms with Gasteiger partial charge in [-0.2, -0.15) is 15.4 Å². The summed E-state index contributed by atoms with van der Waals surface area (Å²) in [6.07, 6.45) is 3.85. The van der Waals surface area contributed by atoms with Crippen LogP contribution in [0, 0.1) is 0 Å². The van der Waals surface area contributed by atoms with Gasteiger partial charge in [0.15, 0.2) is 0 Å². The Labute approximate surface area is 152 Å². The molecule has 1 amide bonds. The van der Waals surface area contributed by atoms with E-state index in [0.717, 1.165) is 37.1 Å². The van der Waals surface area contributed by atoms with E-state index in [1.807, 2.05) is 37.3 Å². The number of likely N-dealkylation sites (tertiary alicyclic amines) is 1. The van der Waals surface area contributed by atoms with E-state index in [-0.39, 0.29) is 11.9 Å². The van der Waals surface area contributed by atoms with Crippen molar-refractivity contribution < 1.29 is 4.79 Å². The molecular weight excluding hydrogens is 328 g/mol. The monoisotopic (exact) mass is 350 g/mol. The van der Waals surface area contributed by atoms with E-state index in [2.05, 4.69) is 37.4 Å². The van der Waals surface area contributed by atoms with Crippen molar-refractivity contribution in [3.05, 3.63) is 53.3 Å². The summed E-state index contributed by atoms with van der Waals surface area (Å²) in [5.41, 5.74) is 4.24. The molecule has 3 aromatic rings. The molecule has 7 nitrogen and oxygen atoms in total. The standard InChI is InChI=1S/C19H22N6O/c1-24(2)12-13-5-7-16(20-11-13)18-4-3-9-25(18)19(26)14-6-8-15-17(10-14)22-23-21-15/h5-8,10-11,18H,3-4,9,12H2,1-2H3,(H,21,22,23)/t18-/m0/s1. The van der Waals surface area contributed by atoms with Crippen LogP contribution in [0.5, 0.6) is 0 Å². The molecule has 0 bridgehead atoms. The first kappa shape index (κ1) is 16.7. The van der Waals surface area contributed by atoms with Gasteiger partial charge in [0.05, 0.1) is 11.7 Å². The van der Waals surface area contributed by atoms with Crippen molar-refractivity contribution in [3.63, 3.8) is 0 Å². The molecule has 0 unspecified atom stereocenters. The fourth-order valence-electron chi connectivity index (χ4n) is 3.55. The average Bonchev–Trinajstić information content (AvgIpc) is 3.30. The first-order valence-corrected chi connectivity index (χ1v) is 8.83. The van der Waals surface area contributed by atoms with Crippen LogP contribution in [0.1, 0.15) is 40.5 Å². The summed E-state index contributed by atoms with van der Waals surface area (Å²) in [6.45, 7) is 1.61. The number of amides is 1. The second-order valence-corrected chi connectivity index (χ2v) is 7.01. The van der Waals surface area contributed by atoms with E-state index in [0.29, 0.717) is 11.1 Å². The van der Waals surface area contributed by atoms with E-state index in [9.17, 15) is 4.79 Å². The predicted octanol–water partition coefficient (Wildman–Crippen LogP) is 2.39. The van der Waals surface area contributed by atoms with Crippen molar-refractivity contribution in [3.8, 4) is 0 Å². The molecule has 1 fully saturated rings. The van der Waals surface area contributed by atoms with E-state index < -0.39 is 0 Å². The smallest absolute Gasteiger partial charge is 0.254 e. The summed E-state index contributed by atoms with van der Waals surface area (Å²) in [5, 5.41) is 10.7. The molecule has 0 saturated carbocycles. The highest BCUT2D eigenvalue weighted by molar-refractivity contribution is 5.97. The Morgan fingerprint density at radius 1 is 1.23 bits per heavy atom. The van der Waals surface area contributed by atoms with Crippen LogP contribution in [0.25, 0.3) is 11.0 Å². The Morgan fingerprint density at radius 2 is 2.08 bits per heavy atom. The number of hydrogen-bond donors (Lipinski definition) is 1. The number of aromatic nitrogens is 4. The summed E-state index contributed by atoms with van der Waals surface area (Å²) < 4.78 is 0. The third kappa shape index (κ3) is 3.17. The zero-order chi connectivity index (χ0) is 18.1. The molecule has 0 aliphatic carbocycles. The van der Waals surface area contributed by atoms with Gasteiger partial charge in [-0.15, -0.1) is 0 Å². The second-order valence-electron chi connectivity index (χ2n) is 7.01. The molecule has 1 aliphatic heterocycles. The molecule has 1 aromatic carbocycles. The number of carbonyl (C=O) groups is 1. The lowest BCUT2D eigenvalue weighted by molar-refractivity contribution is 0.0733. The van der Waals surface area contributed by atoms with Crippen LogP contribution in [0.4, 0.5) is 0 Å². The Kier molecular flexibility index (Phi) is 4.38. The molecule has 26 heavy (non-hydrogen) atoms. The molecule has 0 radical (unpaired) electrons. The van der Waals surface area contributed by atoms with Gasteiger partial charge < -0.3 is 9.80 Å². The third-order valence-corrected chi connectivity index (χ3v) is 4.76. The largest absolute Gasteiger partial charge is 0.330 e. The Hall–Kier alpha value is -2.80. The fraction of sp³-hybridized carbons (Fsp3) is 0.368. The number of benzene rings is 1. The maximum absolute atomic E-state index is 13.0. The number of nitrogens with zero attached hydrogens (tertiary/aromatic N) is 5. The van der Waals surface area contributed by atoms with Crippen LogP contribution in [0.3, 0.4) is 0 Å². The highest BCUT2D eigenvalue weighted by Gasteiger charge is 2.31. The highest BCUT2D eigenvalue weighted by Crippen LogP contribution is 2.32. The molecule has 2 aromatic heterocycles. The number of hydrogen-bond acceptors (Lipinski definition) is 5. The summed E-state index contributed by atoms with van der Waals surface area (Å²) in [6, 6.07) is 9.62. The van der Waals surface area contributed by atoms with Crippen LogP contribution >= 0.6 is 0 Å². The van der Waals surface area contributed by atoms with Crippen molar-refractivity contribution >= 4 is 16.9 Å². The van der Waals surface area contributed by atoms with Crippen LogP contribution in [0.2, 0.25) is 0 Å². The molecule has 1 saturated heterocycles. The van der Waals surface area contributed by atoms with Gasteiger partial charge in [0.25, 0.3) is 5.91 Å². The molecule has 0 spiro atoms. The van der Waals surface area contributed by atoms with E-state index in [1.165, 1.54) is 5.56 Å². The molecule has 3 heterocycles. The van der Waals surface area contributed by atoms with Crippen molar-refractivity contribution in [2.24, 2.45) is 0 Å². The quantitative estimate of drug-likeness (QED) is 0.782. The first-order valence-electron chi connectivity index (χ1n) is 8.83. The minimum absolute atomic E-state index is 0.0246. The zero-order valence-electron chi connectivity index (χ0n) is 15.0. The Bertz CT molecular complexity index is 917. The summed E-state index contributed by atoms with van der Waals surface area (Å²) in [7, 11) is 4.08. The molecule has 4 rings (SSSR count). The number of aromatic amines is 1. The SMILES string of the molecule is CN(C)Cc1ccc([C@@H]2CCCN2C(=O)c2ccc3n[nH]nc3c2)nc1. The van der Waals surface area contributed by atoms with Crippen LogP contribution in [-0.4, -0.2) is 56.7 Å². The van der Waals surface area contributed by atoms with Crippen molar-refractivity contribution in [2.75, 3.05) is 20.6 Å². The van der Waals surface area contributed by atoms with Gasteiger partial charge in [0.2, 0.25) is 0 Å². The van der Waals surface area contributed by atoms with Gasteiger partial charge >= 0.3 is 0 Å². The normalized spacial score (nSPS) is 17.3. The maximum atomic E-state index is 13.0. The van der Waals surface area contributed by atoms with Gasteiger partial charge in [0, 0.05) is 24.8 Å². The third-order valence-electron chi connectivity index (χ3n) is 4.76. The molecule has 1 aliphatic rings. The predicted molar refractivity (Wildman–Crippen MR) is 98.5 cm³/mol. The number of rotatable bonds is 4. The highest BCUT2D eigenvalue weighted by atomic mass is 16.2. The summed E-state index contributed by atoms with van der Waals surface area (Å²) >= 11 is 0. The lowest BCUT2D eigenvalue weighted by atomic mass is 10.1. The number of carbonyl (C=O) groups excluding carboxylic acids is 1. The summed E-state index contributed by atoms with van der Waals surface area (Å²) in [4.78, 5) is 21.7. The minimum Gasteiger partial charge on any atom is -0.330 e. The maximum Gasteiger partial charge on any atom is 0.254 e. The van der Waals surface area contributed by atoms with Crippen molar-refractivity contribution in [2.45, 2.75) is 25.4 Å².